The van der Waals surface area contributed by atoms with E-state index < -0.39 is 23.0 Å². The van der Waals surface area contributed by atoms with E-state index in [2.05, 4.69) is 0 Å². The predicted octanol–water partition coefficient (Wildman–Crippen LogP) is 4.05. The lowest BCUT2D eigenvalue weighted by Gasteiger charge is -2.41. The van der Waals surface area contributed by atoms with E-state index in [0.717, 1.165) is 6.07 Å². The van der Waals surface area contributed by atoms with Crippen molar-refractivity contribution in [1.82, 2.24) is 4.90 Å². The first-order valence-electron chi connectivity index (χ1n) is 8.88. The summed E-state index contributed by atoms with van der Waals surface area (Å²) in [6.07, 6.45) is 1.15. The average Bonchev–Trinajstić information content (AvgIpc) is 3.18. The van der Waals surface area contributed by atoms with E-state index in [1.807, 2.05) is 5.38 Å². The zero-order valence-corrected chi connectivity index (χ0v) is 15.9. The highest BCUT2D eigenvalue weighted by Crippen LogP contribution is 2.36. The van der Waals surface area contributed by atoms with E-state index in [9.17, 15) is 18.4 Å². The quantitative estimate of drug-likeness (QED) is 0.720. The molecule has 144 valence electrons. The third-order valence-electron chi connectivity index (χ3n) is 4.88. The van der Waals surface area contributed by atoms with E-state index in [-0.39, 0.29) is 31.0 Å². The zero-order chi connectivity index (χ0) is 19.4. The summed E-state index contributed by atoms with van der Waals surface area (Å²) in [5, 5.41) is 3.59. The van der Waals surface area contributed by atoms with Crippen molar-refractivity contribution in [3.63, 3.8) is 0 Å². The highest BCUT2D eigenvalue weighted by Gasteiger charge is 2.45. The maximum atomic E-state index is 14.2. The summed E-state index contributed by atoms with van der Waals surface area (Å²) in [6.45, 7) is 2.59. The molecule has 1 atom stereocenters. The van der Waals surface area contributed by atoms with Gasteiger partial charge in [0.05, 0.1) is 17.6 Å². The highest BCUT2D eigenvalue weighted by molar-refractivity contribution is 7.08. The van der Waals surface area contributed by atoms with Crippen molar-refractivity contribution in [2.45, 2.75) is 26.2 Å². The second-order valence-corrected chi connectivity index (χ2v) is 7.54. The number of hydrogen-bond donors (Lipinski definition) is 0. The molecule has 0 saturated carbocycles. The van der Waals surface area contributed by atoms with Gasteiger partial charge in [-0.25, -0.2) is 8.78 Å². The molecule has 0 N–H and O–H groups in total. The van der Waals surface area contributed by atoms with Crippen LogP contribution in [0.5, 0.6) is 0 Å². The first-order valence-corrected chi connectivity index (χ1v) is 9.82. The summed E-state index contributed by atoms with van der Waals surface area (Å²) in [5.41, 5.74) is -0.222. The van der Waals surface area contributed by atoms with Crippen LogP contribution in [0.3, 0.4) is 0 Å². The van der Waals surface area contributed by atoms with Gasteiger partial charge in [-0.3, -0.25) is 9.59 Å². The molecule has 0 bridgehead atoms. The van der Waals surface area contributed by atoms with Crippen LogP contribution < -0.4 is 0 Å². The molecule has 1 fully saturated rings. The number of ether oxygens (including phenoxy) is 1. The van der Waals surface area contributed by atoms with E-state index in [1.165, 1.54) is 23.5 Å². The van der Waals surface area contributed by atoms with Crippen LogP contribution >= 0.6 is 11.3 Å². The van der Waals surface area contributed by atoms with Crippen LogP contribution in [0.4, 0.5) is 8.78 Å². The maximum Gasteiger partial charge on any atom is 0.314 e. The van der Waals surface area contributed by atoms with Gasteiger partial charge in [-0.15, -0.1) is 0 Å². The topological polar surface area (TPSA) is 46.6 Å². The number of nitrogens with zero attached hydrogens (tertiary/aromatic N) is 1. The molecule has 1 amide bonds. The molecule has 0 spiro atoms. The number of likely N-dealkylation sites (tertiary alicyclic amines) is 1. The summed E-state index contributed by atoms with van der Waals surface area (Å²) in [5.74, 6) is -1.96. The second-order valence-electron chi connectivity index (χ2n) is 6.76. The Bertz CT molecular complexity index is 825. The fourth-order valence-electron chi connectivity index (χ4n) is 3.57. The van der Waals surface area contributed by atoms with Crippen molar-refractivity contribution in [2.24, 2.45) is 5.41 Å². The van der Waals surface area contributed by atoms with Crippen LogP contribution in [0.15, 0.2) is 35.0 Å². The molecule has 2 heterocycles. The van der Waals surface area contributed by atoms with Gasteiger partial charge in [0.2, 0.25) is 0 Å². The van der Waals surface area contributed by atoms with Crippen molar-refractivity contribution in [3.05, 3.63) is 57.8 Å². The number of thiophene rings is 1. The average molecular weight is 393 g/mol. The number of halogens is 2. The lowest BCUT2D eigenvalue weighted by atomic mass is 9.74. The third-order valence-corrected chi connectivity index (χ3v) is 5.57. The Morgan fingerprint density at radius 1 is 1.30 bits per heavy atom. The van der Waals surface area contributed by atoms with Gasteiger partial charge >= 0.3 is 5.97 Å². The summed E-state index contributed by atoms with van der Waals surface area (Å²) < 4.78 is 32.7. The smallest absolute Gasteiger partial charge is 0.314 e. The van der Waals surface area contributed by atoms with Gasteiger partial charge in [0.15, 0.2) is 0 Å². The molecule has 27 heavy (non-hydrogen) atoms. The molecular formula is C20H21F2NO3S. The number of esters is 1. The van der Waals surface area contributed by atoms with Crippen LogP contribution in [-0.2, 0) is 16.0 Å². The third kappa shape index (κ3) is 4.18. The molecule has 0 radical (unpaired) electrons. The standard InChI is InChI=1S/C20H21F2NO3S/c1-2-26-19(25)20(11-14-4-5-16(21)10-17(14)22)7-3-8-23(13-20)18(24)15-6-9-27-12-15/h4-6,9-10,12H,2-3,7-8,11,13H2,1H3/t20-/m1/s1. The maximum absolute atomic E-state index is 14.2. The Kier molecular flexibility index (Phi) is 5.89. The van der Waals surface area contributed by atoms with Crippen molar-refractivity contribution < 1.29 is 23.1 Å². The highest BCUT2D eigenvalue weighted by atomic mass is 32.1. The summed E-state index contributed by atoms with van der Waals surface area (Å²) in [7, 11) is 0. The van der Waals surface area contributed by atoms with Crippen LogP contribution in [0.1, 0.15) is 35.7 Å². The number of rotatable bonds is 5. The molecule has 0 unspecified atom stereocenters. The molecule has 1 aliphatic heterocycles. The largest absolute Gasteiger partial charge is 0.466 e. The van der Waals surface area contributed by atoms with Crippen LogP contribution in [0.2, 0.25) is 0 Å². The fourth-order valence-corrected chi connectivity index (χ4v) is 4.20. The van der Waals surface area contributed by atoms with Gasteiger partial charge in [0, 0.05) is 24.5 Å². The van der Waals surface area contributed by atoms with Gasteiger partial charge in [0.25, 0.3) is 5.91 Å². The van der Waals surface area contributed by atoms with E-state index in [1.54, 1.807) is 23.3 Å². The van der Waals surface area contributed by atoms with Crippen molar-refractivity contribution in [3.8, 4) is 0 Å². The Balaban J connectivity index is 1.90. The van der Waals surface area contributed by atoms with E-state index >= 15 is 0 Å². The van der Waals surface area contributed by atoms with Crippen molar-refractivity contribution in [2.75, 3.05) is 19.7 Å². The monoisotopic (exact) mass is 393 g/mol. The Labute approximate surface area is 160 Å². The molecule has 0 aliphatic carbocycles. The van der Waals surface area contributed by atoms with Crippen molar-refractivity contribution in [1.29, 1.82) is 0 Å². The van der Waals surface area contributed by atoms with E-state index in [0.29, 0.717) is 24.9 Å². The number of amides is 1. The Morgan fingerprint density at radius 2 is 2.11 bits per heavy atom. The van der Waals surface area contributed by atoms with Gasteiger partial charge in [-0.05, 0) is 49.3 Å². The molecule has 1 aliphatic rings. The Morgan fingerprint density at radius 3 is 2.78 bits per heavy atom. The molecular weight excluding hydrogens is 372 g/mol. The molecule has 2 aromatic rings. The minimum atomic E-state index is -1.04. The normalized spacial score (nSPS) is 19.7. The zero-order valence-electron chi connectivity index (χ0n) is 15.0. The number of hydrogen-bond acceptors (Lipinski definition) is 4. The summed E-state index contributed by atoms with van der Waals surface area (Å²) in [4.78, 5) is 27.2. The van der Waals surface area contributed by atoms with Gasteiger partial charge in [-0.2, -0.15) is 11.3 Å². The number of benzene rings is 1. The van der Waals surface area contributed by atoms with Crippen molar-refractivity contribution >= 4 is 23.2 Å². The van der Waals surface area contributed by atoms with Gasteiger partial charge < -0.3 is 9.64 Å². The lowest BCUT2D eigenvalue weighted by molar-refractivity contribution is -0.158. The SMILES string of the molecule is CCOC(=O)[C@@]1(Cc2ccc(F)cc2F)CCCN(C(=O)c2ccsc2)C1. The fraction of sp³-hybridized carbons (Fsp3) is 0.400. The van der Waals surface area contributed by atoms with Gasteiger partial charge in [-0.1, -0.05) is 6.07 Å². The second kappa shape index (κ2) is 8.17. The summed E-state index contributed by atoms with van der Waals surface area (Å²) >= 11 is 1.43. The van der Waals surface area contributed by atoms with Crippen LogP contribution in [0, 0.1) is 17.0 Å². The minimum absolute atomic E-state index is 0.0609. The first kappa shape index (κ1) is 19.5. The first-order chi connectivity index (χ1) is 12.9. The molecule has 1 aromatic carbocycles. The molecule has 1 saturated heterocycles. The minimum Gasteiger partial charge on any atom is -0.466 e. The van der Waals surface area contributed by atoms with Crippen LogP contribution in [0.25, 0.3) is 0 Å². The number of carbonyl (C=O) groups excluding carboxylic acids is 2. The number of piperidine rings is 1. The summed E-state index contributed by atoms with van der Waals surface area (Å²) in [6, 6.07) is 5.08. The molecule has 1 aromatic heterocycles. The van der Waals surface area contributed by atoms with E-state index in [4.69, 9.17) is 4.74 Å². The predicted molar refractivity (Wildman–Crippen MR) is 98.6 cm³/mol. The Hall–Kier alpha value is -2.28. The molecule has 4 nitrogen and oxygen atoms in total. The lowest BCUT2D eigenvalue weighted by Crippen LogP contribution is -2.51. The molecule has 7 heteroatoms. The van der Waals surface area contributed by atoms with Crippen LogP contribution in [-0.4, -0.2) is 36.5 Å². The molecule has 3 rings (SSSR count). The number of carbonyl (C=O) groups is 2. The van der Waals surface area contributed by atoms with Gasteiger partial charge in [0.1, 0.15) is 11.6 Å².